The summed E-state index contributed by atoms with van der Waals surface area (Å²) in [5.41, 5.74) is 2.25. The highest BCUT2D eigenvalue weighted by atomic mass is 16.5. The van der Waals surface area contributed by atoms with Gasteiger partial charge in [-0.25, -0.2) is 0 Å². The Bertz CT molecular complexity index is 726. The number of ether oxygens (including phenoxy) is 1. The van der Waals surface area contributed by atoms with Crippen LogP contribution in [0.15, 0.2) is 11.6 Å². The van der Waals surface area contributed by atoms with Gasteiger partial charge in [-0.05, 0) is 104 Å². The van der Waals surface area contributed by atoms with Gasteiger partial charge in [0.05, 0.1) is 6.10 Å². The molecular weight excluding hydrogens is 396 g/mol. The van der Waals surface area contributed by atoms with E-state index in [0.717, 1.165) is 49.9 Å². The summed E-state index contributed by atoms with van der Waals surface area (Å²) in [6.07, 6.45) is 14.2. The van der Waals surface area contributed by atoms with Gasteiger partial charge in [0.1, 0.15) is 6.10 Å². The van der Waals surface area contributed by atoms with Crippen molar-refractivity contribution in [3.05, 3.63) is 11.6 Å². The molecule has 0 saturated heterocycles. The van der Waals surface area contributed by atoms with Gasteiger partial charge in [0.25, 0.3) is 0 Å². The Hall–Kier alpha value is -0.830. The molecule has 0 amide bonds. The van der Waals surface area contributed by atoms with E-state index in [4.69, 9.17) is 4.74 Å². The third-order valence-electron chi connectivity index (χ3n) is 10.7. The molecule has 0 spiro atoms. The van der Waals surface area contributed by atoms with Crippen LogP contribution in [0, 0.1) is 46.3 Å². The molecule has 9 atom stereocenters. The maximum atomic E-state index is 11.5. The first kappa shape index (κ1) is 24.3. The van der Waals surface area contributed by atoms with Crippen LogP contribution in [-0.4, -0.2) is 23.3 Å². The second-order valence-electron chi connectivity index (χ2n) is 12.9. The molecule has 0 aromatic rings. The number of esters is 1. The molecule has 0 aromatic heterocycles. The number of hydrogen-bond acceptors (Lipinski definition) is 3. The molecule has 0 bridgehead atoms. The summed E-state index contributed by atoms with van der Waals surface area (Å²) in [5.74, 6) is 3.96. The Morgan fingerprint density at radius 2 is 1.84 bits per heavy atom. The minimum absolute atomic E-state index is 0.0845. The fraction of sp³-hybridized carbons (Fsp3) is 0.897. The zero-order valence-corrected chi connectivity index (χ0v) is 21.5. The zero-order valence-electron chi connectivity index (χ0n) is 21.5. The minimum atomic E-state index is -0.150. The molecule has 0 unspecified atom stereocenters. The van der Waals surface area contributed by atoms with Crippen molar-refractivity contribution < 1.29 is 14.6 Å². The van der Waals surface area contributed by atoms with Crippen molar-refractivity contribution in [1.82, 2.24) is 0 Å². The molecule has 4 rings (SSSR count). The van der Waals surface area contributed by atoms with E-state index in [2.05, 4.69) is 40.7 Å². The number of aliphatic hydroxyl groups excluding tert-OH is 1. The van der Waals surface area contributed by atoms with E-state index in [1.54, 1.807) is 12.5 Å². The number of aliphatic hydroxyl groups is 1. The SMILES string of the molecule is CC(=O)O[C@H]1CC[C@@]2(C)C(=CC[C@@H]3[C@H]4CC[C@H]([C@H](C)[C@@H](O)CCC(C)C)[C@@]4(C)CC[C@H]32)C1. The first-order chi connectivity index (χ1) is 15.1. The predicted molar refractivity (Wildman–Crippen MR) is 130 cm³/mol. The van der Waals surface area contributed by atoms with Crippen molar-refractivity contribution in [3.8, 4) is 0 Å². The molecule has 0 heterocycles. The summed E-state index contributed by atoms with van der Waals surface area (Å²) in [6.45, 7) is 13.5. The van der Waals surface area contributed by atoms with Crippen molar-refractivity contribution in [1.29, 1.82) is 0 Å². The quantitative estimate of drug-likeness (QED) is 0.357. The Labute approximate surface area is 196 Å². The highest BCUT2D eigenvalue weighted by Crippen LogP contribution is 2.67. The molecule has 0 aliphatic heterocycles. The van der Waals surface area contributed by atoms with Crippen LogP contribution < -0.4 is 0 Å². The summed E-state index contributed by atoms with van der Waals surface area (Å²) in [5, 5.41) is 11.0. The maximum absolute atomic E-state index is 11.5. The fourth-order valence-corrected chi connectivity index (χ4v) is 8.90. The lowest BCUT2D eigenvalue weighted by molar-refractivity contribution is -0.148. The van der Waals surface area contributed by atoms with Gasteiger partial charge in [0.2, 0.25) is 0 Å². The Balaban J connectivity index is 1.49. The van der Waals surface area contributed by atoms with Crippen LogP contribution in [0.4, 0.5) is 0 Å². The van der Waals surface area contributed by atoms with E-state index in [0.29, 0.717) is 28.6 Å². The van der Waals surface area contributed by atoms with Gasteiger partial charge in [-0.3, -0.25) is 4.79 Å². The van der Waals surface area contributed by atoms with Gasteiger partial charge in [0, 0.05) is 13.3 Å². The van der Waals surface area contributed by atoms with Gasteiger partial charge >= 0.3 is 5.97 Å². The van der Waals surface area contributed by atoms with Crippen LogP contribution >= 0.6 is 0 Å². The van der Waals surface area contributed by atoms with Crippen LogP contribution in [0.5, 0.6) is 0 Å². The number of carbonyl (C=O) groups is 1. The number of fused-ring (bicyclic) bond motifs is 5. The monoisotopic (exact) mass is 444 g/mol. The molecule has 4 aliphatic rings. The van der Waals surface area contributed by atoms with Gasteiger partial charge in [-0.2, -0.15) is 0 Å². The van der Waals surface area contributed by atoms with Crippen molar-refractivity contribution in [2.24, 2.45) is 46.3 Å². The number of carbonyl (C=O) groups excluding carboxylic acids is 1. The largest absolute Gasteiger partial charge is 0.462 e. The summed E-state index contributed by atoms with van der Waals surface area (Å²) in [7, 11) is 0. The number of hydrogen-bond donors (Lipinski definition) is 1. The zero-order chi connectivity index (χ0) is 23.3. The lowest BCUT2D eigenvalue weighted by Gasteiger charge is -2.58. The summed E-state index contributed by atoms with van der Waals surface area (Å²) in [4.78, 5) is 11.5. The van der Waals surface area contributed by atoms with Crippen LogP contribution in [-0.2, 0) is 9.53 Å². The van der Waals surface area contributed by atoms with E-state index < -0.39 is 0 Å². The maximum Gasteiger partial charge on any atom is 0.302 e. The van der Waals surface area contributed by atoms with Crippen LogP contribution in [0.1, 0.15) is 106 Å². The highest BCUT2D eigenvalue weighted by molar-refractivity contribution is 5.66. The van der Waals surface area contributed by atoms with E-state index in [9.17, 15) is 9.90 Å². The molecular formula is C29H48O3. The molecule has 3 fully saturated rings. The van der Waals surface area contributed by atoms with Crippen molar-refractivity contribution in [2.45, 2.75) is 118 Å². The number of rotatable bonds is 6. The average Bonchev–Trinajstić information content (AvgIpc) is 3.08. The highest BCUT2D eigenvalue weighted by Gasteiger charge is 2.59. The van der Waals surface area contributed by atoms with Gasteiger partial charge < -0.3 is 9.84 Å². The third-order valence-corrected chi connectivity index (χ3v) is 10.7. The second kappa shape index (κ2) is 9.08. The van der Waals surface area contributed by atoms with E-state index in [1.807, 2.05) is 0 Å². The average molecular weight is 445 g/mol. The minimum Gasteiger partial charge on any atom is -0.462 e. The van der Waals surface area contributed by atoms with Crippen molar-refractivity contribution in [2.75, 3.05) is 0 Å². The molecule has 3 nitrogen and oxygen atoms in total. The molecule has 3 saturated carbocycles. The summed E-state index contributed by atoms with van der Waals surface area (Å²) >= 11 is 0. The molecule has 0 radical (unpaired) electrons. The van der Waals surface area contributed by atoms with Gasteiger partial charge in [-0.1, -0.05) is 46.3 Å². The van der Waals surface area contributed by atoms with Crippen molar-refractivity contribution >= 4 is 5.97 Å². The van der Waals surface area contributed by atoms with Crippen LogP contribution in [0.25, 0.3) is 0 Å². The molecule has 1 N–H and O–H groups in total. The molecule has 32 heavy (non-hydrogen) atoms. The summed E-state index contributed by atoms with van der Waals surface area (Å²) in [6, 6.07) is 0. The Morgan fingerprint density at radius 1 is 1.09 bits per heavy atom. The van der Waals surface area contributed by atoms with Crippen LogP contribution in [0.3, 0.4) is 0 Å². The van der Waals surface area contributed by atoms with E-state index in [1.165, 1.54) is 32.1 Å². The van der Waals surface area contributed by atoms with Gasteiger partial charge in [-0.15, -0.1) is 0 Å². The second-order valence-corrected chi connectivity index (χ2v) is 12.9. The van der Waals surface area contributed by atoms with Crippen molar-refractivity contribution in [3.63, 3.8) is 0 Å². The summed E-state index contributed by atoms with van der Waals surface area (Å²) < 4.78 is 5.60. The molecule has 182 valence electrons. The Morgan fingerprint density at radius 3 is 2.53 bits per heavy atom. The van der Waals surface area contributed by atoms with Crippen LogP contribution in [0.2, 0.25) is 0 Å². The third kappa shape index (κ3) is 4.21. The van der Waals surface area contributed by atoms with E-state index in [-0.39, 0.29) is 18.2 Å². The first-order valence-electron chi connectivity index (χ1n) is 13.6. The molecule has 3 heteroatoms. The first-order valence-corrected chi connectivity index (χ1v) is 13.6. The molecule has 0 aromatic carbocycles. The Kier molecular flexibility index (Phi) is 6.90. The van der Waals surface area contributed by atoms with Gasteiger partial charge in [0.15, 0.2) is 0 Å². The number of allylic oxidation sites excluding steroid dienone is 1. The van der Waals surface area contributed by atoms with E-state index >= 15 is 0 Å². The smallest absolute Gasteiger partial charge is 0.302 e. The topological polar surface area (TPSA) is 46.5 Å². The normalized spacial score (nSPS) is 43.0. The predicted octanol–water partition coefficient (Wildman–Crippen LogP) is 6.93. The standard InChI is InChI=1S/C29H48O3/c1-18(2)7-12-27(31)19(3)24-10-11-25-23-9-8-21-17-22(32-20(4)30)13-15-28(21,5)26(23)14-16-29(24,25)6/h8,18-19,22-27,31H,7,9-17H2,1-6H3/t19-,22-,23+,24+,25+,26+,27-,28-,29+/m0/s1. The molecule has 4 aliphatic carbocycles. The fourth-order valence-electron chi connectivity index (χ4n) is 8.90. The lowest BCUT2D eigenvalue weighted by atomic mass is 9.47. The lowest BCUT2D eigenvalue weighted by Crippen LogP contribution is -2.51.